The number of fused-ring (bicyclic) bond motifs is 1. The molecular weight excluding hydrogens is 156 g/mol. The van der Waals surface area contributed by atoms with E-state index in [9.17, 15) is 0 Å². The van der Waals surface area contributed by atoms with Crippen LogP contribution in [0.25, 0.3) is 0 Å². The van der Waals surface area contributed by atoms with Crippen molar-refractivity contribution in [2.24, 2.45) is 0 Å². The number of hydrogen-bond acceptors (Lipinski definition) is 0. The first-order valence-electron chi connectivity index (χ1n) is 5.04. The molecular formula is C13H16. The minimum atomic E-state index is 0.654. The maximum Gasteiger partial charge on any atom is -0.00917 e. The van der Waals surface area contributed by atoms with Crippen LogP contribution in [0.2, 0.25) is 0 Å². The van der Waals surface area contributed by atoms with Crippen molar-refractivity contribution in [3.63, 3.8) is 0 Å². The van der Waals surface area contributed by atoms with E-state index in [1.54, 1.807) is 5.56 Å². The van der Waals surface area contributed by atoms with Crippen LogP contribution in [-0.4, -0.2) is 0 Å². The van der Waals surface area contributed by atoms with E-state index in [1.165, 1.54) is 11.1 Å². The Labute approximate surface area is 80.3 Å². The summed E-state index contributed by atoms with van der Waals surface area (Å²) in [7, 11) is 0. The quantitative estimate of drug-likeness (QED) is 0.569. The monoisotopic (exact) mass is 172 g/mol. The second kappa shape index (κ2) is 3.37. The number of benzene rings is 1. The molecule has 0 aromatic heterocycles. The Bertz CT molecular complexity index is 332. The molecule has 1 aliphatic carbocycles. The van der Waals surface area contributed by atoms with E-state index in [2.05, 4.69) is 44.2 Å². The van der Waals surface area contributed by atoms with Gasteiger partial charge in [-0.25, -0.2) is 0 Å². The smallest absolute Gasteiger partial charge is 0.00917 e. The Kier molecular flexibility index (Phi) is 2.22. The molecule has 13 heavy (non-hydrogen) atoms. The number of rotatable bonds is 1. The first-order chi connectivity index (χ1) is 6.29. The second-order valence-corrected chi connectivity index (χ2v) is 4.02. The third-order valence-electron chi connectivity index (χ3n) is 2.76. The van der Waals surface area contributed by atoms with Crippen LogP contribution in [0.1, 0.15) is 36.5 Å². The number of allylic oxidation sites excluding steroid dienone is 2. The molecule has 0 spiro atoms. The van der Waals surface area contributed by atoms with E-state index >= 15 is 0 Å². The fourth-order valence-electron chi connectivity index (χ4n) is 2.05. The standard InChI is InChI=1S/C13H16/c1-10(2)12-9-5-7-11-6-3-4-8-13(11)12/h3-5,7,9-10H,6,8H2,1-2H3. The predicted octanol–water partition coefficient (Wildman–Crippen LogP) is 3.46. The molecule has 0 heterocycles. The molecule has 0 amide bonds. The predicted molar refractivity (Wildman–Crippen MR) is 57.1 cm³/mol. The minimum absolute atomic E-state index is 0.654. The molecule has 0 bridgehead atoms. The van der Waals surface area contributed by atoms with Crippen molar-refractivity contribution in [2.75, 3.05) is 0 Å². The average molecular weight is 172 g/mol. The van der Waals surface area contributed by atoms with Gasteiger partial charge in [0.05, 0.1) is 0 Å². The molecule has 2 rings (SSSR count). The molecule has 0 fully saturated rings. The molecule has 0 saturated carbocycles. The molecule has 1 aromatic carbocycles. The Balaban J connectivity index is 2.49. The van der Waals surface area contributed by atoms with Gasteiger partial charge in [0, 0.05) is 0 Å². The van der Waals surface area contributed by atoms with Crippen molar-refractivity contribution < 1.29 is 0 Å². The minimum Gasteiger partial charge on any atom is -0.0838 e. The highest BCUT2D eigenvalue weighted by molar-refractivity contribution is 5.41. The molecule has 0 radical (unpaired) electrons. The van der Waals surface area contributed by atoms with Crippen LogP contribution in [0.4, 0.5) is 0 Å². The average Bonchev–Trinajstić information content (AvgIpc) is 2.17. The lowest BCUT2D eigenvalue weighted by molar-refractivity contribution is 0.841. The van der Waals surface area contributed by atoms with Crippen LogP contribution in [0.5, 0.6) is 0 Å². The highest BCUT2D eigenvalue weighted by atomic mass is 14.2. The second-order valence-electron chi connectivity index (χ2n) is 4.02. The molecule has 0 unspecified atom stereocenters. The summed E-state index contributed by atoms with van der Waals surface area (Å²) in [6.45, 7) is 4.54. The summed E-state index contributed by atoms with van der Waals surface area (Å²) in [6, 6.07) is 6.71. The van der Waals surface area contributed by atoms with Crippen molar-refractivity contribution in [2.45, 2.75) is 32.6 Å². The van der Waals surface area contributed by atoms with E-state index in [0.29, 0.717) is 5.92 Å². The molecule has 0 saturated heterocycles. The fraction of sp³-hybridized carbons (Fsp3) is 0.385. The van der Waals surface area contributed by atoms with Gasteiger partial charge >= 0.3 is 0 Å². The van der Waals surface area contributed by atoms with Crippen LogP contribution >= 0.6 is 0 Å². The van der Waals surface area contributed by atoms with Crippen molar-refractivity contribution >= 4 is 0 Å². The zero-order valence-electron chi connectivity index (χ0n) is 8.38. The largest absolute Gasteiger partial charge is 0.0838 e. The van der Waals surface area contributed by atoms with Gasteiger partial charge in [0.15, 0.2) is 0 Å². The first kappa shape index (κ1) is 8.55. The first-order valence-corrected chi connectivity index (χ1v) is 5.04. The van der Waals surface area contributed by atoms with Crippen LogP contribution < -0.4 is 0 Å². The molecule has 0 heteroatoms. The van der Waals surface area contributed by atoms with E-state index in [-0.39, 0.29) is 0 Å². The lowest BCUT2D eigenvalue weighted by Gasteiger charge is -2.17. The lowest BCUT2D eigenvalue weighted by atomic mass is 9.88. The van der Waals surface area contributed by atoms with Crippen molar-refractivity contribution in [3.05, 3.63) is 47.0 Å². The fourth-order valence-corrected chi connectivity index (χ4v) is 2.05. The highest BCUT2D eigenvalue weighted by Gasteiger charge is 2.10. The SMILES string of the molecule is CC(C)c1cccc2c1CC=CC2. The zero-order valence-corrected chi connectivity index (χ0v) is 8.38. The normalized spacial score (nSPS) is 14.7. The van der Waals surface area contributed by atoms with Crippen LogP contribution in [0.15, 0.2) is 30.4 Å². The van der Waals surface area contributed by atoms with Gasteiger partial charge < -0.3 is 0 Å². The van der Waals surface area contributed by atoms with Gasteiger partial charge in [0.1, 0.15) is 0 Å². The summed E-state index contributed by atoms with van der Waals surface area (Å²) >= 11 is 0. The van der Waals surface area contributed by atoms with Crippen LogP contribution in [0, 0.1) is 0 Å². The number of hydrogen-bond donors (Lipinski definition) is 0. The maximum atomic E-state index is 2.29. The molecule has 1 aromatic rings. The zero-order chi connectivity index (χ0) is 9.26. The molecule has 0 aliphatic heterocycles. The summed E-state index contributed by atoms with van der Waals surface area (Å²) < 4.78 is 0. The van der Waals surface area contributed by atoms with Gasteiger partial charge in [0.25, 0.3) is 0 Å². The van der Waals surface area contributed by atoms with E-state index in [0.717, 1.165) is 12.8 Å². The van der Waals surface area contributed by atoms with Gasteiger partial charge in [0.2, 0.25) is 0 Å². The van der Waals surface area contributed by atoms with E-state index < -0.39 is 0 Å². The van der Waals surface area contributed by atoms with Crippen molar-refractivity contribution in [3.8, 4) is 0 Å². The molecule has 0 nitrogen and oxygen atoms in total. The van der Waals surface area contributed by atoms with Gasteiger partial charge in [-0.15, -0.1) is 0 Å². The third kappa shape index (κ3) is 1.53. The summed E-state index contributed by atoms with van der Waals surface area (Å²) in [6.07, 6.45) is 6.81. The van der Waals surface area contributed by atoms with Crippen molar-refractivity contribution in [1.82, 2.24) is 0 Å². The van der Waals surface area contributed by atoms with Gasteiger partial charge in [-0.2, -0.15) is 0 Å². The Morgan fingerprint density at radius 2 is 1.85 bits per heavy atom. The van der Waals surface area contributed by atoms with Crippen LogP contribution in [0.3, 0.4) is 0 Å². The van der Waals surface area contributed by atoms with E-state index in [1.807, 2.05) is 0 Å². The molecule has 0 atom stereocenters. The van der Waals surface area contributed by atoms with Gasteiger partial charge in [-0.3, -0.25) is 0 Å². The Morgan fingerprint density at radius 1 is 1.08 bits per heavy atom. The maximum absolute atomic E-state index is 2.29. The van der Waals surface area contributed by atoms with Crippen LogP contribution in [-0.2, 0) is 12.8 Å². The van der Waals surface area contributed by atoms with Gasteiger partial charge in [-0.1, -0.05) is 44.2 Å². The molecule has 0 N–H and O–H groups in total. The lowest BCUT2D eigenvalue weighted by Crippen LogP contribution is -2.03. The third-order valence-corrected chi connectivity index (χ3v) is 2.76. The topological polar surface area (TPSA) is 0 Å². The highest BCUT2D eigenvalue weighted by Crippen LogP contribution is 2.26. The summed E-state index contributed by atoms with van der Waals surface area (Å²) in [5, 5.41) is 0. The Morgan fingerprint density at radius 3 is 2.62 bits per heavy atom. The van der Waals surface area contributed by atoms with Crippen molar-refractivity contribution in [1.29, 1.82) is 0 Å². The summed E-state index contributed by atoms with van der Waals surface area (Å²) in [4.78, 5) is 0. The Hall–Kier alpha value is -1.04. The summed E-state index contributed by atoms with van der Waals surface area (Å²) in [5.74, 6) is 0.654. The summed E-state index contributed by atoms with van der Waals surface area (Å²) in [5.41, 5.74) is 4.62. The molecule has 1 aliphatic rings. The molecule has 68 valence electrons. The van der Waals surface area contributed by atoms with Gasteiger partial charge in [-0.05, 0) is 35.4 Å². The van der Waals surface area contributed by atoms with E-state index in [4.69, 9.17) is 0 Å².